The first-order valence-electron chi connectivity index (χ1n) is 7.78. The molecule has 2 aromatic carbocycles. The Hall–Kier alpha value is -3.39. The van der Waals surface area contributed by atoms with Gasteiger partial charge in [0.25, 0.3) is 0 Å². The Bertz CT molecular complexity index is 1080. The van der Waals surface area contributed by atoms with Gasteiger partial charge in [0.15, 0.2) is 5.69 Å². The van der Waals surface area contributed by atoms with Crippen LogP contribution in [0.2, 0.25) is 0 Å². The van der Waals surface area contributed by atoms with Gasteiger partial charge in [0.05, 0.1) is 11.9 Å². The fourth-order valence-electron chi connectivity index (χ4n) is 2.68. The minimum absolute atomic E-state index is 0.0162. The van der Waals surface area contributed by atoms with Gasteiger partial charge >= 0.3 is 5.97 Å². The van der Waals surface area contributed by atoms with Crippen molar-refractivity contribution in [3.8, 4) is 27.4 Å². The van der Waals surface area contributed by atoms with E-state index in [4.69, 9.17) is 0 Å². The van der Waals surface area contributed by atoms with Gasteiger partial charge in [-0.25, -0.2) is 9.48 Å². The third-order valence-corrected chi connectivity index (χ3v) is 4.75. The van der Waals surface area contributed by atoms with Crippen molar-refractivity contribution < 1.29 is 9.90 Å². The number of aromatic nitrogens is 5. The van der Waals surface area contributed by atoms with Crippen molar-refractivity contribution in [1.82, 2.24) is 25.2 Å². The Morgan fingerprint density at radius 2 is 1.77 bits per heavy atom. The second kappa shape index (κ2) is 6.49. The summed E-state index contributed by atoms with van der Waals surface area (Å²) in [7, 11) is 0. The lowest BCUT2D eigenvalue weighted by Crippen LogP contribution is -2.07. The van der Waals surface area contributed by atoms with Gasteiger partial charge in [-0.1, -0.05) is 52.9 Å². The second-order valence-electron chi connectivity index (χ2n) is 5.55. The molecule has 0 saturated heterocycles. The third-order valence-electron chi connectivity index (χ3n) is 3.87. The smallest absolute Gasteiger partial charge is 0.356 e. The highest BCUT2D eigenvalue weighted by Crippen LogP contribution is 2.33. The zero-order chi connectivity index (χ0) is 18.1. The molecule has 4 aromatic rings. The number of hydrogen-bond acceptors (Lipinski definition) is 6. The SMILES string of the molecule is Cc1nnc(-c2ccccc2-c2ccc(-n3nncc3C(=O)O)cc2)s1. The number of rotatable bonds is 4. The molecule has 8 heteroatoms. The lowest BCUT2D eigenvalue weighted by atomic mass is 10.00. The van der Waals surface area contributed by atoms with Gasteiger partial charge in [0, 0.05) is 5.56 Å². The van der Waals surface area contributed by atoms with E-state index in [0.717, 1.165) is 26.7 Å². The number of nitrogens with zero attached hydrogens (tertiary/aromatic N) is 5. The summed E-state index contributed by atoms with van der Waals surface area (Å²) in [6.45, 7) is 1.93. The molecule has 4 rings (SSSR count). The maximum atomic E-state index is 11.2. The predicted molar refractivity (Wildman–Crippen MR) is 97.4 cm³/mol. The monoisotopic (exact) mass is 363 g/mol. The van der Waals surface area contributed by atoms with Crippen LogP contribution in [0, 0.1) is 6.92 Å². The number of aromatic carboxylic acids is 1. The number of aryl methyl sites for hydroxylation is 1. The number of hydrogen-bond donors (Lipinski definition) is 1. The molecule has 0 aliphatic heterocycles. The topological polar surface area (TPSA) is 93.8 Å². The normalized spacial score (nSPS) is 10.8. The summed E-state index contributed by atoms with van der Waals surface area (Å²) in [5, 5.41) is 26.8. The van der Waals surface area contributed by atoms with E-state index in [1.807, 2.05) is 55.5 Å². The molecule has 0 aliphatic rings. The van der Waals surface area contributed by atoms with E-state index >= 15 is 0 Å². The van der Waals surface area contributed by atoms with E-state index in [9.17, 15) is 9.90 Å². The molecule has 128 valence electrons. The van der Waals surface area contributed by atoms with Crippen molar-refractivity contribution >= 4 is 17.3 Å². The second-order valence-corrected chi connectivity index (χ2v) is 6.74. The van der Waals surface area contributed by atoms with E-state index in [-0.39, 0.29) is 5.69 Å². The van der Waals surface area contributed by atoms with Crippen LogP contribution >= 0.6 is 11.3 Å². The molecule has 0 bridgehead atoms. The summed E-state index contributed by atoms with van der Waals surface area (Å²) in [6, 6.07) is 15.5. The molecule has 0 fully saturated rings. The molecular formula is C18H13N5O2S. The van der Waals surface area contributed by atoms with Crippen LogP contribution in [-0.4, -0.2) is 36.3 Å². The summed E-state index contributed by atoms with van der Waals surface area (Å²) in [6.07, 6.45) is 1.23. The molecule has 0 amide bonds. The zero-order valence-electron chi connectivity index (χ0n) is 13.7. The molecule has 26 heavy (non-hydrogen) atoms. The Morgan fingerprint density at radius 3 is 2.42 bits per heavy atom. The van der Waals surface area contributed by atoms with Gasteiger partial charge in [-0.05, 0) is 30.2 Å². The minimum Gasteiger partial charge on any atom is -0.476 e. The lowest BCUT2D eigenvalue weighted by molar-refractivity contribution is 0.0687. The molecule has 0 saturated carbocycles. The van der Waals surface area contributed by atoms with Crippen molar-refractivity contribution in [1.29, 1.82) is 0 Å². The van der Waals surface area contributed by atoms with Crippen molar-refractivity contribution in [2.24, 2.45) is 0 Å². The van der Waals surface area contributed by atoms with Gasteiger partial charge in [0.2, 0.25) is 0 Å². The molecular weight excluding hydrogens is 350 g/mol. The highest BCUT2D eigenvalue weighted by molar-refractivity contribution is 7.14. The summed E-state index contributed by atoms with van der Waals surface area (Å²) < 4.78 is 1.30. The van der Waals surface area contributed by atoms with Gasteiger partial charge in [0.1, 0.15) is 10.0 Å². The van der Waals surface area contributed by atoms with E-state index in [1.54, 1.807) is 11.3 Å². The highest BCUT2D eigenvalue weighted by Gasteiger charge is 2.14. The van der Waals surface area contributed by atoms with Crippen molar-refractivity contribution in [3.05, 3.63) is 65.4 Å². The largest absolute Gasteiger partial charge is 0.476 e. The Balaban J connectivity index is 1.75. The van der Waals surface area contributed by atoms with Crippen LogP contribution < -0.4 is 0 Å². The first-order chi connectivity index (χ1) is 12.6. The fraction of sp³-hybridized carbons (Fsp3) is 0.0556. The fourth-order valence-corrected chi connectivity index (χ4v) is 3.41. The summed E-state index contributed by atoms with van der Waals surface area (Å²) >= 11 is 1.55. The summed E-state index contributed by atoms with van der Waals surface area (Å²) in [5.41, 5.74) is 3.69. The predicted octanol–water partition coefficient (Wildman–Crippen LogP) is 3.46. The van der Waals surface area contributed by atoms with Crippen molar-refractivity contribution in [2.75, 3.05) is 0 Å². The van der Waals surface area contributed by atoms with Crippen LogP contribution in [0.25, 0.3) is 27.4 Å². The molecule has 0 aliphatic carbocycles. The van der Waals surface area contributed by atoms with Crippen LogP contribution in [0.1, 0.15) is 15.5 Å². The third kappa shape index (κ3) is 2.86. The lowest BCUT2D eigenvalue weighted by Gasteiger charge is -2.09. The first-order valence-corrected chi connectivity index (χ1v) is 8.59. The Kier molecular flexibility index (Phi) is 4.02. The summed E-state index contributed by atoms with van der Waals surface area (Å²) in [5.74, 6) is -1.07. The molecule has 0 spiro atoms. The number of carboxylic acid groups (broad SMARTS) is 1. The van der Waals surface area contributed by atoms with Crippen LogP contribution in [0.15, 0.2) is 54.7 Å². The standard InChI is InChI=1S/C18H13N5O2S/c1-11-20-21-17(26-11)15-5-3-2-4-14(15)12-6-8-13(9-7-12)23-16(18(24)25)10-19-22-23/h2-10H,1H3,(H,24,25). The first kappa shape index (κ1) is 16.1. The Morgan fingerprint density at radius 1 is 1.04 bits per heavy atom. The van der Waals surface area contributed by atoms with Crippen LogP contribution in [0.4, 0.5) is 0 Å². The highest BCUT2D eigenvalue weighted by atomic mass is 32.1. The van der Waals surface area contributed by atoms with E-state index in [1.165, 1.54) is 10.9 Å². The molecule has 2 heterocycles. The molecule has 1 N–H and O–H groups in total. The number of carbonyl (C=O) groups is 1. The molecule has 2 aromatic heterocycles. The number of benzene rings is 2. The van der Waals surface area contributed by atoms with E-state index in [0.29, 0.717) is 5.69 Å². The Labute approximate surface area is 152 Å². The maximum Gasteiger partial charge on any atom is 0.356 e. The van der Waals surface area contributed by atoms with Crippen LogP contribution in [-0.2, 0) is 0 Å². The molecule has 0 atom stereocenters. The van der Waals surface area contributed by atoms with Gasteiger partial charge in [-0.15, -0.1) is 15.3 Å². The van der Waals surface area contributed by atoms with Gasteiger partial charge < -0.3 is 5.11 Å². The summed E-state index contributed by atoms with van der Waals surface area (Å²) in [4.78, 5) is 11.2. The van der Waals surface area contributed by atoms with Crippen LogP contribution in [0.5, 0.6) is 0 Å². The van der Waals surface area contributed by atoms with Gasteiger partial charge in [-0.3, -0.25) is 0 Å². The molecule has 0 radical (unpaired) electrons. The number of carboxylic acids is 1. The maximum absolute atomic E-state index is 11.2. The minimum atomic E-state index is -1.07. The average Bonchev–Trinajstić information content (AvgIpc) is 3.31. The van der Waals surface area contributed by atoms with E-state index < -0.39 is 5.97 Å². The van der Waals surface area contributed by atoms with Crippen LogP contribution in [0.3, 0.4) is 0 Å². The molecule has 7 nitrogen and oxygen atoms in total. The quantitative estimate of drug-likeness (QED) is 0.597. The zero-order valence-corrected chi connectivity index (χ0v) is 14.5. The van der Waals surface area contributed by atoms with E-state index in [2.05, 4.69) is 20.5 Å². The molecule has 0 unspecified atom stereocenters. The van der Waals surface area contributed by atoms with Crippen molar-refractivity contribution in [3.63, 3.8) is 0 Å². The van der Waals surface area contributed by atoms with Crippen molar-refractivity contribution in [2.45, 2.75) is 6.92 Å². The average molecular weight is 363 g/mol. The van der Waals surface area contributed by atoms with Gasteiger partial charge in [-0.2, -0.15) is 0 Å².